The van der Waals surface area contributed by atoms with E-state index in [1.807, 2.05) is 41.1 Å². The maximum atomic E-state index is 12.5. The average molecular weight is 422 g/mol. The van der Waals surface area contributed by atoms with Crippen LogP contribution in [0.15, 0.2) is 48.0 Å². The van der Waals surface area contributed by atoms with Gasteiger partial charge in [-0.3, -0.25) is 4.79 Å². The van der Waals surface area contributed by atoms with Crippen molar-refractivity contribution in [1.82, 2.24) is 9.88 Å². The van der Waals surface area contributed by atoms with Gasteiger partial charge in [-0.25, -0.2) is 4.98 Å². The summed E-state index contributed by atoms with van der Waals surface area (Å²) >= 11 is 1.81. The summed E-state index contributed by atoms with van der Waals surface area (Å²) in [6, 6.07) is 14.9. The average Bonchev–Trinajstić information content (AvgIpc) is 3.24. The Morgan fingerprint density at radius 1 is 1.17 bits per heavy atom. The second kappa shape index (κ2) is 10.2. The van der Waals surface area contributed by atoms with Gasteiger partial charge in [0.05, 0.1) is 11.2 Å². The zero-order valence-corrected chi connectivity index (χ0v) is 18.6. The number of nitrogens with zero attached hydrogens (tertiary/aromatic N) is 2. The third-order valence-corrected chi connectivity index (χ3v) is 6.95. The Labute approximate surface area is 183 Å². The van der Waals surface area contributed by atoms with Crippen LogP contribution >= 0.6 is 11.3 Å². The van der Waals surface area contributed by atoms with Crippen LogP contribution in [0, 0.1) is 0 Å². The van der Waals surface area contributed by atoms with Crippen molar-refractivity contribution in [2.75, 3.05) is 18.4 Å². The minimum atomic E-state index is 0.111. The number of carbonyl (C=O) groups is 1. The van der Waals surface area contributed by atoms with E-state index < -0.39 is 0 Å². The van der Waals surface area contributed by atoms with Gasteiger partial charge in [-0.2, -0.15) is 0 Å². The van der Waals surface area contributed by atoms with Gasteiger partial charge in [0.2, 0.25) is 5.91 Å². The molecule has 1 aromatic heterocycles. The molecule has 1 unspecified atom stereocenters. The van der Waals surface area contributed by atoms with Crippen LogP contribution in [0.25, 0.3) is 10.8 Å². The number of rotatable bonds is 9. The fourth-order valence-electron chi connectivity index (χ4n) is 4.51. The lowest BCUT2D eigenvalue weighted by Crippen LogP contribution is -2.40. The summed E-state index contributed by atoms with van der Waals surface area (Å²) in [7, 11) is 0. The first kappa shape index (κ1) is 21.0. The number of amides is 1. The molecule has 4 nitrogen and oxygen atoms in total. The van der Waals surface area contributed by atoms with Crippen LogP contribution in [0.5, 0.6) is 0 Å². The molecule has 1 atom stereocenters. The van der Waals surface area contributed by atoms with Crippen LogP contribution in [-0.4, -0.2) is 34.9 Å². The summed E-state index contributed by atoms with van der Waals surface area (Å²) < 4.78 is 0. The number of aromatic nitrogens is 1. The predicted octanol–water partition coefficient (Wildman–Crippen LogP) is 5.67. The number of hydrogen-bond acceptors (Lipinski definition) is 4. The monoisotopic (exact) mass is 421 g/mol. The number of fused-ring (bicyclic) bond motifs is 2. The van der Waals surface area contributed by atoms with E-state index in [1.165, 1.54) is 23.4 Å². The Morgan fingerprint density at radius 3 is 2.93 bits per heavy atom. The Kier molecular flexibility index (Phi) is 7.13. The van der Waals surface area contributed by atoms with E-state index in [4.69, 9.17) is 0 Å². The van der Waals surface area contributed by atoms with Crippen molar-refractivity contribution in [2.24, 2.45) is 0 Å². The molecular formula is C25H31N3OS. The standard InChI is InChI=1S/C25H31N3OS/c1-2-15-28(20-13-14-23-24(17-20)30-18-26-23)16-6-5-12-25(29)27-22-11-7-9-19-8-3-4-10-21(19)22/h3-4,7-11,18,20H,2,5-6,12-17H2,1H3,(H,27,29). The van der Waals surface area contributed by atoms with E-state index in [2.05, 4.69) is 40.3 Å². The molecule has 0 aliphatic heterocycles. The Morgan fingerprint density at radius 2 is 2.03 bits per heavy atom. The highest BCUT2D eigenvalue weighted by molar-refractivity contribution is 7.09. The Hall–Kier alpha value is -2.24. The highest BCUT2D eigenvalue weighted by atomic mass is 32.1. The molecule has 0 spiro atoms. The molecular weight excluding hydrogens is 390 g/mol. The van der Waals surface area contributed by atoms with E-state index in [-0.39, 0.29) is 5.91 Å². The molecule has 1 N–H and O–H groups in total. The molecule has 0 saturated carbocycles. The third kappa shape index (κ3) is 5.08. The van der Waals surface area contributed by atoms with Crippen LogP contribution in [0.4, 0.5) is 5.69 Å². The first-order valence-electron chi connectivity index (χ1n) is 11.2. The van der Waals surface area contributed by atoms with Gasteiger partial charge in [0.25, 0.3) is 0 Å². The number of benzene rings is 2. The van der Waals surface area contributed by atoms with Gasteiger partial charge in [0, 0.05) is 28.4 Å². The zero-order chi connectivity index (χ0) is 20.8. The van der Waals surface area contributed by atoms with Gasteiger partial charge >= 0.3 is 0 Å². The molecule has 0 bridgehead atoms. The molecule has 0 radical (unpaired) electrons. The molecule has 3 aromatic rings. The number of thiazole rings is 1. The summed E-state index contributed by atoms with van der Waals surface area (Å²) in [5, 5.41) is 5.37. The first-order chi connectivity index (χ1) is 14.7. The maximum Gasteiger partial charge on any atom is 0.224 e. The van der Waals surface area contributed by atoms with E-state index in [0.29, 0.717) is 12.5 Å². The Balaban J connectivity index is 1.25. The number of nitrogens with one attached hydrogen (secondary N) is 1. The van der Waals surface area contributed by atoms with Crippen LogP contribution in [0.2, 0.25) is 0 Å². The molecule has 1 heterocycles. The minimum absolute atomic E-state index is 0.111. The highest BCUT2D eigenvalue weighted by Crippen LogP contribution is 2.27. The lowest BCUT2D eigenvalue weighted by atomic mass is 9.95. The van der Waals surface area contributed by atoms with Gasteiger partial charge in [0.15, 0.2) is 0 Å². The Bertz CT molecular complexity index is 978. The summed E-state index contributed by atoms with van der Waals surface area (Å²) in [5.74, 6) is 0.111. The second-order valence-corrected chi connectivity index (χ2v) is 9.13. The number of hydrogen-bond donors (Lipinski definition) is 1. The SMILES string of the molecule is CCCN(CCCCC(=O)Nc1cccc2ccccc12)C1CCc2ncsc2C1. The quantitative estimate of drug-likeness (QED) is 0.453. The summed E-state index contributed by atoms with van der Waals surface area (Å²) in [4.78, 5) is 21.1. The fraction of sp³-hybridized carbons (Fsp3) is 0.440. The number of unbranched alkanes of at least 4 members (excludes halogenated alkanes) is 1. The lowest BCUT2D eigenvalue weighted by molar-refractivity contribution is -0.116. The number of aryl methyl sites for hydroxylation is 1. The summed E-state index contributed by atoms with van der Waals surface area (Å²) in [6.07, 6.45) is 7.20. The topological polar surface area (TPSA) is 45.2 Å². The number of carbonyl (C=O) groups excluding carboxylic acids is 1. The van der Waals surface area contributed by atoms with Crippen molar-refractivity contribution in [1.29, 1.82) is 0 Å². The highest BCUT2D eigenvalue weighted by Gasteiger charge is 2.25. The van der Waals surface area contributed by atoms with Crippen LogP contribution in [-0.2, 0) is 17.6 Å². The molecule has 1 aliphatic carbocycles. The van der Waals surface area contributed by atoms with Gasteiger partial charge in [-0.05, 0) is 63.1 Å². The van der Waals surface area contributed by atoms with E-state index in [9.17, 15) is 4.79 Å². The molecule has 1 amide bonds. The molecule has 30 heavy (non-hydrogen) atoms. The predicted molar refractivity (Wildman–Crippen MR) is 126 cm³/mol. The van der Waals surface area contributed by atoms with Crippen molar-refractivity contribution < 1.29 is 4.79 Å². The van der Waals surface area contributed by atoms with Crippen LogP contribution in [0.3, 0.4) is 0 Å². The van der Waals surface area contributed by atoms with Crippen molar-refractivity contribution in [3.8, 4) is 0 Å². The molecule has 158 valence electrons. The molecule has 4 rings (SSSR count). The largest absolute Gasteiger partial charge is 0.326 e. The van der Waals surface area contributed by atoms with Crippen molar-refractivity contribution >= 4 is 33.7 Å². The smallest absolute Gasteiger partial charge is 0.224 e. The fourth-order valence-corrected chi connectivity index (χ4v) is 5.39. The van der Waals surface area contributed by atoms with Crippen LogP contribution in [0.1, 0.15) is 49.6 Å². The van der Waals surface area contributed by atoms with Gasteiger partial charge < -0.3 is 10.2 Å². The van der Waals surface area contributed by atoms with Gasteiger partial charge in [-0.1, -0.05) is 43.3 Å². The zero-order valence-electron chi connectivity index (χ0n) is 17.8. The molecule has 2 aromatic carbocycles. The molecule has 0 fully saturated rings. The third-order valence-electron chi connectivity index (χ3n) is 6.05. The lowest BCUT2D eigenvalue weighted by Gasteiger charge is -2.33. The minimum Gasteiger partial charge on any atom is -0.326 e. The molecule has 0 saturated heterocycles. The second-order valence-electron chi connectivity index (χ2n) is 8.19. The summed E-state index contributed by atoms with van der Waals surface area (Å²) in [5.41, 5.74) is 4.22. The molecule has 5 heteroatoms. The van der Waals surface area contributed by atoms with E-state index in [1.54, 1.807) is 0 Å². The maximum absolute atomic E-state index is 12.5. The summed E-state index contributed by atoms with van der Waals surface area (Å²) in [6.45, 7) is 4.47. The van der Waals surface area contributed by atoms with Crippen molar-refractivity contribution in [3.05, 3.63) is 58.5 Å². The van der Waals surface area contributed by atoms with Gasteiger partial charge in [-0.15, -0.1) is 11.3 Å². The van der Waals surface area contributed by atoms with E-state index >= 15 is 0 Å². The van der Waals surface area contributed by atoms with Gasteiger partial charge in [0.1, 0.15) is 0 Å². The van der Waals surface area contributed by atoms with Crippen molar-refractivity contribution in [3.63, 3.8) is 0 Å². The van der Waals surface area contributed by atoms with E-state index in [0.717, 1.165) is 55.2 Å². The normalized spacial score (nSPS) is 16.0. The van der Waals surface area contributed by atoms with Crippen LogP contribution < -0.4 is 5.32 Å². The first-order valence-corrected chi connectivity index (χ1v) is 12.1. The van der Waals surface area contributed by atoms with Crippen molar-refractivity contribution in [2.45, 2.75) is 57.9 Å². The number of anilines is 1. The molecule has 1 aliphatic rings.